The van der Waals surface area contributed by atoms with Crippen molar-refractivity contribution in [1.29, 1.82) is 0 Å². The van der Waals surface area contributed by atoms with E-state index in [9.17, 15) is 18.0 Å². The van der Waals surface area contributed by atoms with Gasteiger partial charge in [-0.1, -0.05) is 36.0 Å². The molecule has 150 valence electrons. The number of alkyl halides is 3. The summed E-state index contributed by atoms with van der Waals surface area (Å²) in [6, 6.07) is 7.45. The quantitative estimate of drug-likeness (QED) is 0.223. The van der Waals surface area contributed by atoms with Crippen molar-refractivity contribution in [2.24, 2.45) is 0 Å². The number of halogens is 3. The maximum absolute atomic E-state index is 13.0. The summed E-state index contributed by atoms with van der Waals surface area (Å²) in [4.78, 5) is 19.4. The van der Waals surface area contributed by atoms with Crippen molar-refractivity contribution in [3.05, 3.63) is 53.4 Å². The molecule has 2 aromatic rings. The van der Waals surface area contributed by atoms with Crippen LogP contribution in [0.4, 0.5) is 13.2 Å². The topological polar surface area (TPSA) is 70.5 Å². The average molecular weight is 414 g/mol. The van der Waals surface area contributed by atoms with Crippen LogP contribution in [0.3, 0.4) is 0 Å². The molecule has 10 heteroatoms. The molecule has 0 unspecified atom stereocenters. The third-order valence-corrected chi connectivity index (χ3v) is 4.03. The van der Waals surface area contributed by atoms with Gasteiger partial charge in [0.15, 0.2) is 10.9 Å². The predicted molar refractivity (Wildman–Crippen MR) is 96.6 cm³/mol. The molecule has 0 amide bonds. The first-order valence-electron chi connectivity index (χ1n) is 7.82. The lowest BCUT2D eigenvalue weighted by Crippen LogP contribution is -2.11. The molecule has 0 spiro atoms. The number of thioether (sulfide) groups is 1. The van der Waals surface area contributed by atoms with E-state index in [0.29, 0.717) is 11.1 Å². The molecule has 0 N–H and O–H groups in total. The van der Waals surface area contributed by atoms with Crippen molar-refractivity contribution in [2.45, 2.75) is 17.9 Å². The number of methoxy groups -OCH3 is 2. The van der Waals surface area contributed by atoms with Gasteiger partial charge in [-0.2, -0.15) is 18.2 Å². The highest BCUT2D eigenvalue weighted by Crippen LogP contribution is 2.31. The zero-order chi connectivity index (χ0) is 20.7. The first-order valence-corrected chi connectivity index (χ1v) is 9.05. The van der Waals surface area contributed by atoms with Crippen LogP contribution in [0.15, 0.2) is 41.8 Å². The first kappa shape index (κ1) is 21.5. The van der Waals surface area contributed by atoms with Crippen molar-refractivity contribution in [3.63, 3.8) is 0 Å². The molecule has 0 aliphatic rings. The van der Waals surface area contributed by atoms with Crippen LogP contribution >= 0.6 is 11.8 Å². The lowest BCUT2D eigenvalue weighted by Gasteiger charge is -2.13. The zero-order valence-electron chi connectivity index (χ0n) is 15.2. The summed E-state index contributed by atoms with van der Waals surface area (Å²) in [6.07, 6.45) is -1.83. The van der Waals surface area contributed by atoms with Crippen molar-refractivity contribution < 1.29 is 32.2 Å². The number of rotatable bonds is 7. The van der Waals surface area contributed by atoms with E-state index in [2.05, 4.69) is 9.97 Å². The fourth-order valence-electron chi connectivity index (χ4n) is 2.22. The highest BCUT2D eigenvalue weighted by Gasteiger charge is 2.34. The van der Waals surface area contributed by atoms with Crippen molar-refractivity contribution in [1.82, 2.24) is 9.97 Å². The summed E-state index contributed by atoms with van der Waals surface area (Å²) in [7, 11) is 2.61. The minimum absolute atomic E-state index is 0.0624. The summed E-state index contributed by atoms with van der Waals surface area (Å²) in [5.74, 6) is -0.850. The van der Waals surface area contributed by atoms with Gasteiger partial charge in [0.2, 0.25) is 5.88 Å². The molecular formula is C18H17F3N2O4S. The van der Waals surface area contributed by atoms with Gasteiger partial charge in [-0.15, -0.1) is 0 Å². The summed E-state index contributed by atoms with van der Waals surface area (Å²) in [5, 5.41) is -0.0624. The fraction of sp³-hybridized carbons (Fsp3) is 0.278. The highest BCUT2D eigenvalue weighted by molar-refractivity contribution is 7.98. The molecule has 0 aliphatic carbocycles. The third-order valence-electron chi connectivity index (χ3n) is 3.48. The number of benzene rings is 1. The smallest absolute Gasteiger partial charge is 0.433 e. The lowest BCUT2D eigenvalue weighted by molar-refractivity contribution is -0.141. The molecule has 0 atom stereocenters. The number of nitrogens with zero attached hydrogens (tertiary/aromatic N) is 2. The molecule has 0 saturated carbocycles. The second-order valence-electron chi connectivity index (χ2n) is 5.28. The monoisotopic (exact) mass is 414 g/mol. The predicted octanol–water partition coefficient (Wildman–Crippen LogP) is 3.96. The number of hydrogen-bond acceptors (Lipinski definition) is 7. The van der Waals surface area contributed by atoms with Gasteiger partial charge < -0.3 is 14.2 Å². The summed E-state index contributed by atoms with van der Waals surface area (Å²) >= 11 is 0.967. The third kappa shape index (κ3) is 5.38. The van der Waals surface area contributed by atoms with E-state index in [1.165, 1.54) is 20.5 Å². The minimum atomic E-state index is -4.62. The SMILES string of the molecule is COC=C(C(=O)OC)c1ccccc1COc1cc(C(F)(F)F)nc(SC)n1. The summed E-state index contributed by atoms with van der Waals surface area (Å²) < 4.78 is 54.1. The second-order valence-corrected chi connectivity index (χ2v) is 6.05. The second kappa shape index (κ2) is 9.45. The van der Waals surface area contributed by atoms with Gasteiger partial charge in [0.05, 0.1) is 20.5 Å². The normalized spacial score (nSPS) is 11.9. The molecule has 6 nitrogen and oxygen atoms in total. The van der Waals surface area contributed by atoms with E-state index in [1.54, 1.807) is 30.5 Å². The molecule has 0 aliphatic heterocycles. The van der Waals surface area contributed by atoms with Crippen LogP contribution in [0.25, 0.3) is 5.57 Å². The fourth-order valence-corrected chi connectivity index (χ4v) is 2.60. The highest BCUT2D eigenvalue weighted by atomic mass is 32.2. The number of ether oxygens (including phenoxy) is 3. The van der Waals surface area contributed by atoms with Crippen LogP contribution in [-0.2, 0) is 27.1 Å². The van der Waals surface area contributed by atoms with Gasteiger partial charge in [0.1, 0.15) is 12.2 Å². The Hall–Kier alpha value is -2.75. The molecule has 0 fully saturated rings. The molecule has 0 radical (unpaired) electrons. The van der Waals surface area contributed by atoms with Crippen molar-refractivity contribution in [2.75, 3.05) is 20.5 Å². The first-order chi connectivity index (χ1) is 13.3. The van der Waals surface area contributed by atoms with Crippen molar-refractivity contribution >= 4 is 23.3 Å². The maximum Gasteiger partial charge on any atom is 0.433 e. The van der Waals surface area contributed by atoms with Gasteiger partial charge in [0.25, 0.3) is 0 Å². The minimum Gasteiger partial charge on any atom is -0.503 e. The van der Waals surface area contributed by atoms with Crippen molar-refractivity contribution in [3.8, 4) is 5.88 Å². The van der Waals surface area contributed by atoms with E-state index in [0.717, 1.165) is 17.8 Å². The Morgan fingerprint density at radius 3 is 2.54 bits per heavy atom. The number of aromatic nitrogens is 2. The van der Waals surface area contributed by atoms with Crippen LogP contribution in [0.5, 0.6) is 5.88 Å². The van der Waals surface area contributed by atoms with Gasteiger partial charge in [-0.05, 0) is 17.4 Å². The molecule has 1 aromatic carbocycles. The Bertz CT molecular complexity index is 872. The Balaban J connectivity index is 2.34. The number of esters is 1. The standard InChI is InChI=1S/C18H17F3N2O4S/c1-25-10-13(16(24)26-2)12-7-5-4-6-11(12)9-27-15-8-14(18(19,20)21)22-17(23-15)28-3/h4-8,10H,9H2,1-3H3. The van der Waals surface area contributed by atoms with E-state index < -0.39 is 17.8 Å². The maximum atomic E-state index is 13.0. The number of carbonyl (C=O) groups excluding carboxylic acids is 1. The Morgan fingerprint density at radius 1 is 1.21 bits per heavy atom. The van der Waals surface area contributed by atoms with Gasteiger partial charge in [0, 0.05) is 6.07 Å². The van der Waals surface area contributed by atoms with E-state index in [1.807, 2.05) is 0 Å². The van der Waals surface area contributed by atoms with Crippen LogP contribution in [-0.4, -0.2) is 36.4 Å². The van der Waals surface area contributed by atoms with Gasteiger partial charge in [-0.25, -0.2) is 9.78 Å². The molecular weight excluding hydrogens is 397 g/mol. The Morgan fingerprint density at radius 2 is 1.93 bits per heavy atom. The Kier molecular flexibility index (Phi) is 7.27. The van der Waals surface area contributed by atoms with Crippen LogP contribution in [0.1, 0.15) is 16.8 Å². The molecule has 1 aromatic heterocycles. The van der Waals surface area contributed by atoms with Crippen LogP contribution in [0.2, 0.25) is 0 Å². The molecule has 1 heterocycles. The summed E-state index contributed by atoms with van der Waals surface area (Å²) in [5.41, 5.74) is 0.0535. The van der Waals surface area contributed by atoms with Crippen LogP contribution in [0, 0.1) is 0 Å². The largest absolute Gasteiger partial charge is 0.503 e. The number of carbonyl (C=O) groups is 1. The molecule has 2 rings (SSSR count). The summed E-state index contributed by atoms with van der Waals surface area (Å²) in [6.45, 7) is -0.129. The average Bonchev–Trinajstić information content (AvgIpc) is 2.69. The number of hydrogen-bond donors (Lipinski definition) is 0. The van der Waals surface area contributed by atoms with Crippen LogP contribution < -0.4 is 4.74 Å². The van der Waals surface area contributed by atoms with E-state index in [4.69, 9.17) is 14.2 Å². The van der Waals surface area contributed by atoms with Gasteiger partial charge >= 0.3 is 12.1 Å². The zero-order valence-corrected chi connectivity index (χ0v) is 16.1. The molecule has 0 saturated heterocycles. The lowest BCUT2D eigenvalue weighted by atomic mass is 10.0. The van der Waals surface area contributed by atoms with Gasteiger partial charge in [-0.3, -0.25) is 0 Å². The molecule has 28 heavy (non-hydrogen) atoms. The Labute approximate surface area is 163 Å². The molecule has 0 bridgehead atoms. The van der Waals surface area contributed by atoms with E-state index >= 15 is 0 Å². The van der Waals surface area contributed by atoms with E-state index in [-0.39, 0.29) is 23.2 Å².